The standard InChI is InChI=1S/C11H22N2O/c1-10(2,3)13-6-5-12-8-11(13)4-7-14-9-11/h12H,4-9H2,1-3H3. The van der Waals surface area contributed by atoms with Gasteiger partial charge in [0.05, 0.1) is 12.1 Å². The number of nitrogens with zero attached hydrogens (tertiary/aromatic N) is 1. The lowest BCUT2D eigenvalue weighted by molar-refractivity contribution is -0.0198. The zero-order valence-electron chi connectivity index (χ0n) is 9.60. The molecule has 0 bridgehead atoms. The lowest BCUT2D eigenvalue weighted by Gasteiger charge is -2.51. The summed E-state index contributed by atoms with van der Waals surface area (Å²) in [4.78, 5) is 2.63. The van der Waals surface area contributed by atoms with Gasteiger partial charge in [0.2, 0.25) is 0 Å². The summed E-state index contributed by atoms with van der Waals surface area (Å²) in [5.41, 5.74) is 0.534. The fourth-order valence-corrected chi connectivity index (χ4v) is 2.84. The highest BCUT2D eigenvalue weighted by Gasteiger charge is 2.46. The fraction of sp³-hybridized carbons (Fsp3) is 1.00. The third-order valence-electron chi connectivity index (χ3n) is 3.43. The molecule has 0 aromatic heterocycles. The van der Waals surface area contributed by atoms with Gasteiger partial charge in [-0.1, -0.05) is 0 Å². The Labute approximate surface area is 86.8 Å². The molecule has 2 aliphatic heterocycles. The van der Waals surface area contributed by atoms with Crippen molar-refractivity contribution in [3.05, 3.63) is 0 Å². The Hall–Kier alpha value is -0.120. The smallest absolute Gasteiger partial charge is 0.0663 e. The van der Waals surface area contributed by atoms with Gasteiger partial charge in [0, 0.05) is 31.8 Å². The average Bonchev–Trinajstić information content (AvgIpc) is 2.52. The van der Waals surface area contributed by atoms with Crippen LogP contribution in [-0.2, 0) is 4.74 Å². The molecule has 2 heterocycles. The molecule has 2 saturated heterocycles. The van der Waals surface area contributed by atoms with Crippen LogP contribution in [0.25, 0.3) is 0 Å². The molecule has 1 unspecified atom stereocenters. The van der Waals surface area contributed by atoms with Crippen LogP contribution in [-0.4, -0.2) is 48.8 Å². The molecule has 2 rings (SSSR count). The highest BCUT2D eigenvalue weighted by molar-refractivity contribution is 5.02. The number of hydrogen-bond donors (Lipinski definition) is 1. The van der Waals surface area contributed by atoms with Gasteiger partial charge < -0.3 is 10.1 Å². The quantitative estimate of drug-likeness (QED) is 0.624. The number of ether oxygens (including phenoxy) is 1. The van der Waals surface area contributed by atoms with Crippen LogP contribution in [0.4, 0.5) is 0 Å². The van der Waals surface area contributed by atoms with Crippen molar-refractivity contribution < 1.29 is 4.74 Å². The summed E-state index contributed by atoms with van der Waals surface area (Å²) in [6.45, 7) is 12.1. The Morgan fingerprint density at radius 3 is 2.71 bits per heavy atom. The van der Waals surface area contributed by atoms with Crippen LogP contribution >= 0.6 is 0 Å². The lowest BCUT2D eigenvalue weighted by atomic mass is 9.88. The van der Waals surface area contributed by atoms with Crippen LogP contribution in [0.1, 0.15) is 27.2 Å². The molecule has 1 N–H and O–H groups in total. The summed E-state index contributed by atoms with van der Waals surface area (Å²) in [5.74, 6) is 0. The first kappa shape index (κ1) is 10.4. The van der Waals surface area contributed by atoms with Crippen LogP contribution in [0.5, 0.6) is 0 Å². The van der Waals surface area contributed by atoms with Crippen molar-refractivity contribution in [2.75, 3.05) is 32.8 Å². The van der Waals surface area contributed by atoms with Crippen molar-refractivity contribution in [3.8, 4) is 0 Å². The van der Waals surface area contributed by atoms with Crippen molar-refractivity contribution >= 4 is 0 Å². The Balaban J connectivity index is 2.19. The van der Waals surface area contributed by atoms with E-state index in [9.17, 15) is 0 Å². The number of nitrogens with one attached hydrogen (secondary N) is 1. The molecule has 0 aromatic rings. The van der Waals surface area contributed by atoms with E-state index in [0.29, 0.717) is 0 Å². The minimum Gasteiger partial charge on any atom is -0.379 e. The van der Waals surface area contributed by atoms with Crippen LogP contribution < -0.4 is 5.32 Å². The Bertz CT molecular complexity index is 204. The number of hydrogen-bond acceptors (Lipinski definition) is 3. The minimum absolute atomic E-state index is 0.260. The first-order chi connectivity index (χ1) is 6.55. The topological polar surface area (TPSA) is 24.5 Å². The van der Waals surface area contributed by atoms with E-state index in [1.54, 1.807) is 0 Å². The van der Waals surface area contributed by atoms with E-state index < -0.39 is 0 Å². The van der Waals surface area contributed by atoms with Crippen molar-refractivity contribution in [2.24, 2.45) is 0 Å². The summed E-state index contributed by atoms with van der Waals surface area (Å²) in [6.07, 6.45) is 1.18. The fourth-order valence-electron chi connectivity index (χ4n) is 2.84. The monoisotopic (exact) mass is 198 g/mol. The van der Waals surface area contributed by atoms with E-state index in [4.69, 9.17) is 4.74 Å². The molecule has 0 aliphatic carbocycles. The second kappa shape index (κ2) is 3.47. The predicted molar refractivity (Wildman–Crippen MR) is 57.5 cm³/mol. The summed E-state index contributed by atoms with van der Waals surface area (Å²) >= 11 is 0. The zero-order valence-corrected chi connectivity index (χ0v) is 9.60. The molecular weight excluding hydrogens is 176 g/mol. The second-order valence-electron chi connectivity index (χ2n) is 5.53. The summed E-state index contributed by atoms with van der Waals surface area (Å²) in [6, 6.07) is 0. The maximum absolute atomic E-state index is 5.58. The van der Waals surface area contributed by atoms with Gasteiger partial charge in [0.1, 0.15) is 0 Å². The first-order valence-electron chi connectivity index (χ1n) is 5.61. The molecule has 3 heteroatoms. The molecule has 0 saturated carbocycles. The number of piperazine rings is 1. The van der Waals surface area contributed by atoms with Gasteiger partial charge in [0.25, 0.3) is 0 Å². The molecule has 82 valence electrons. The van der Waals surface area contributed by atoms with Gasteiger partial charge in [0.15, 0.2) is 0 Å². The summed E-state index contributed by atoms with van der Waals surface area (Å²) in [7, 11) is 0. The highest BCUT2D eigenvalue weighted by Crippen LogP contribution is 2.33. The first-order valence-corrected chi connectivity index (χ1v) is 5.61. The van der Waals surface area contributed by atoms with Crippen LogP contribution in [0.3, 0.4) is 0 Å². The minimum atomic E-state index is 0.260. The molecule has 2 fully saturated rings. The lowest BCUT2D eigenvalue weighted by Crippen LogP contribution is -2.66. The van der Waals surface area contributed by atoms with Crippen LogP contribution in [0.15, 0.2) is 0 Å². The molecule has 1 spiro atoms. The van der Waals surface area contributed by atoms with E-state index in [2.05, 4.69) is 31.0 Å². The van der Waals surface area contributed by atoms with Crippen LogP contribution in [0, 0.1) is 0 Å². The molecule has 0 amide bonds. The molecule has 2 aliphatic rings. The van der Waals surface area contributed by atoms with E-state index in [0.717, 1.165) is 32.8 Å². The third kappa shape index (κ3) is 1.69. The Kier molecular flexibility index (Phi) is 2.58. The predicted octanol–water partition coefficient (Wildman–Crippen LogP) is 0.849. The van der Waals surface area contributed by atoms with Crippen LogP contribution in [0.2, 0.25) is 0 Å². The maximum Gasteiger partial charge on any atom is 0.0663 e. The zero-order chi connectivity index (χ0) is 10.2. The Morgan fingerprint density at radius 2 is 2.14 bits per heavy atom. The number of rotatable bonds is 0. The van der Waals surface area contributed by atoms with Gasteiger partial charge >= 0.3 is 0 Å². The third-order valence-corrected chi connectivity index (χ3v) is 3.43. The van der Waals surface area contributed by atoms with Gasteiger partial charge in [-0.05, 0) is 27.2 Å². The summed E-state index contributed by atoms with van der Waals surface area (Å²) in [5, 5.41) is 3.50. The normalized spacial score (nSPS) is 35.4. The van der Waals surface area contributed by atoms with Crippen molar-refractivity contribution in [3.63, 3.8) is 0 Å². The van der Waals surface area contributed by atoms with E-state index >= 15 is 0 Å². The van der Waals surface area contributed by atoms with Gasteiger partial charge in [-0.15, -0.1) is 0 Å². The average molecular weight is 198 g/mol. The molecule has 3 nitrogen and oxygen atoms in total. The molecule has 0 aromatic carbocycles. The SMILES string of the molecule is CC(C)(C)N1CCNCC12CCOC2. The van der Waals surface area contributed by atoms with Crippen molar-refractivity contribution in [1.82, 2.24) is 10.2 Å². The second-order valence-corrected chi connectivity index (χ2v) is 5.53. The maximum atomic E-state index is 5.58. The summed E-state index contributed by atoms with van der Waals surface area (Å²) < 4.78 is 5.58. The van der Waals surface area contributed by atoms with Gasteiger partial charge in [-0.2, -0.15) is 0 Å². The molecule has 0 radical (unpaired) electrons. The Morgan fingerprint density at radius 1 is 1.36 bits per heavy atom. The van der Waals surface area contributed by atoms with Gasteiger partial charge in [-0.3, -0.25) is 4.90 Å². The molecule has 1 atom stereocenters. The van der Waals surface area contributed by atoms with Gasteiger partial charge in [-0.25, -0.2) is 0 Å². The van der Waals surface area contributed by atoms with Crippen molar-refractivity contribution in [2.45, 2.75) is 38.3 Å². The van der Waals surface area contributed by atoms with E-state index in [1.165, 1.54) is 6.42 Å². The molecule has 14 heavy (non-hydrogen) atoms. The van der Waals surface area contributed by atoms with Crippen molar-refractivity contribution in [1.29, 1.82) is 0 Å². The highest BCUT2D eigenvalue weighted by atomic mass is 16.5. The van der Waals surface area contributed by atoms with E-state index in [-0.39, 0.29) is 11.1 Å². The largest absolute Gasteiger partial charge is 0.379 e. The van der Waals surface area contributed by atoms with E-state index in [1.807, 2.05) is 0 Å². The molecular formula is C11H22N2O.